The summed E-state index contributed by atoms with van der Waals surface area (Å²) in [7, 11) is 1.80. The largest absolute Gasteiger partial charge is 0.337 e. The van der Waals surface area contributed by atoms with Gasteiger partial charge in [0.25, 0.3) is 5.91 Å². The van der Waals surface area contributed by atoms with E-state index in [4.69, 9.17) is 0 Å². The Kier molecular flexibility index (Phi) is 3.86. The average molecular weight is 267 g/mol. The van der Waals surface area contributed by atoms with Gasteiger partial charge in [-0.1, -0.05) is 11.4 Å². The summed E-state index contributed by atoms with van der Waals surface area (Å²) < 4.78 is 3.84. The minimum atomic E-state index is 0.00282. The third-order valence-corrected chi connectivity index (χ3v) is 3.92. The molecule has 0 aliphatic rings. The van der Waals surface area contributed by atoms with Crippen molar-refractivity contribution in [3.63, 3.8) is 0 Å². The van der Waals surface area contributed by atoms with Gasteiger partial charge in [0.15, 0.2) is 0 Å². The van der Waals surface area contributed by atoms with Crippen molar-refractivity contribution in [1.29, 1.82) is 0 Å². The number of carbonyl (C=O) groups excluding carboxylic acids is 1. The van der Waals surface area contributed by atoms with E-state index in [-0.39, 0.29) is 5.91 Å². The molecule has 0 radical (unpaired) electrons. The van der Waals surface area contributed by atoms with Crippen LogP contribution in [0.5, 0.6) is 0 Å². The Balaban J connectivity index is 2.09. The first kappa shape index (κ1) is 12.2. The van der Waals surface area contributed by atoms with Crippen molar-refractivity contribution in [2.24, 2.45) is 0 Å². The van der Waals surface area contributed by atoms with Gasteiger partial charge in [-0.3, -0.25) is 4.79 Å². The molecule has 2 heterocycles. The molecule has 2 rings (SSSR count). The quantitative estimate of drug-likeness (QED) is 0.854. The first-order chi connectivity index (χ1) is 8.22. The van der Waals surface area contributed by atoms with Gasteiger partial charge in [0.1, 0.15) is 4.88 Å². The fraction of sp³-hybridized carbons (Fsp3) is 0.364. The van der Waals surface area contributed by atoms with Gasteiger partial charge in [-0.2, -0.15) is 11.3 Å². The number of thiophene rings is 1. The Morgan fingerprint density at radius 1 is 1.53 bits per heavy atom. The van der Waals surface area contributed by atoms with Crippen LogP contribution in [-0.4, -0.2) is 27.4 Å². The molecule has 2 aromatic rings. The molecule has 0 aliphatic carbocycles. The molecule has 0 spiro atoms. The van der Waals surface area contributed by atoms with E-state index in [0.29, 0.717) is 11.4 Å². The molecule has 0 aliphatic heterocycles. The van der Waals surface area contributed by atoms with Gasteiger partial charge >= 0.3 is 0 Å². The molecule has 0 saturated carbocycles. The summed E-state index contributed by atoms with van der Waals surface area (Å²) in [5.41, 5.74) is 1.94. The monoisotopic (exact) mass is 267 g/mol. The smallest absolute Gasteiger partial charge is 0.267 e. The zero-order chi connectivity index (χ0) is 12.3. The molecule has 6 heteroatoms. The molecule has 0 atom stereocenters. The maximum atomic E-state index is 12.2. The fourth-order valence-corrected chi connectivity index (χ4v) is 2.91. The Bertz CT molecular complexity index is 493. The molecule has 0 N–H and O–H groups in total. The second-order valence-electron chi connectivity index (χ2n) is 3.70. The minimum Gasteiger partial charge on any atom is -0.337 e. The number of hydrogen-bond donors (Lipinski definition) is 0. The fourth-order valence-electron chi connectivity index (χ4n) is 1.50. The Morgan fingerprint density at radius 2 is 2.35 bits per heavy atom. The van der Waals surface area contributed by atoms with Crippen molar-refractivity contribution in [2.45, 2.75) is 19.9 Å². The molecule has 0 bridgehead atoms. The van der Waals surface area contributed by atoms with Crippen molar-refractivity contribution in [1.82, 2.24) is 14.5 Å². The van der Waals surface area contributed by atoms with Crippen LogP contribution in [0.1, 0.15) is 27.9 Å². The van der Waals surface area contributed by atoms with Gasteiger partial charge in [0, 0.05) is 13.6 Å². The molecule has 90 valence electrons. The van der Waals surface area contributed by atoms with Crippen LogP contribution in [0.4, 0.5) is 0 Å². The molecule has 0 unspecified atom stereocenters. The summed E-state index contributed by atoms with van der Waals surface area (Å²) in [6, 6.07) is 2.03. The summed E-state index contributed by atoms with van der Waals surface area (Å²) in [6.07, 6.45) is 0.740. The minimum absolute atomic E-state index is 0.00282. The van der Waals surface area contributed by atoms with Crippen LogP contribution >= 0.6 is 22.9 Å². The third kappa shape index (κ3) is 2.70. The van der Waals surface area contributed by atoms with Crippen molar-refractivity contribution in [3.05, 3.63) is 33.0 Å². The van der Waals surface area contributed by atoms with Gasteiger partial charge in [0.2, 0.25) is 0 Å². The average Bonchev–Trinajstić information content (AvgIpc) is 2.97. The standard InChI is InChI=1S/C11H13N3OS2/c1-3-9-10(17-13-12-9)11(15)14(2)6-8-4-5-16-7-8/h4-5,7H,3,6H2,1-2H3. The topological polar surface area (TPSA) is 46.1 Å². The number of amides is 1. The Hall–Kier alpha value is -1.27. The van der Waals surface area contributed by atoms with E-state index in [0.717, 1.165) is 17.7 Å². The molecule has 1 amide bonds. The highest BCUT2D eigenvalue weighted by Crippen LogP contribution is 2.16. The first-order valence-corrected chi connectivity index (χ1v) is 7.01. The van der Waals surface area contributed by atoms with Gasteiger partial charge in [-0.05, 0) is 40.3 Å². The van der Waals surface area contributed by atoms with E-state index < -0.39 is 0 Å². The van der Waals surface area contributed by atoms with Crippen LogP contribution in [0.15, 0.2) is 16.8 Å². The number of aromatic nitrogens is 2. The number of nitrogens with zero attached hydrogens (tertiary/aromatic N) is 3. The Labute approximate surface area is 108 Å². The molecule has 0 fully saturated rings. The maximum Gasteiger partial charge on any atom is 0.267 e. The Morgan fingerprint density at radius 3 is 3.00 bits per heavy atom. The van der Waals surface area contributed by atoms with E-state index >= 15 is 0 Å². The predicted molar refractivity (Wildman–Crippen MR) is 69.4 cm³/mol. The van der Waals surface area contributed by atoms with Crippen molar-refractivity contribution in [3.8, 4) is 0 Å². The highest BCUT2D eigenvalue weighted by atomic mass is 32.1. The van der Waals surface area contributed by atoms with Crippen LogP contribution in [-0.2, 0) is 13.0 Å². The summed E-state index contributed by atoms with van der Waals surface area (Å²) in [6.45, 7) is 2.61. The van der Waals surface area contributed by atoms with Crippen molar-refractivity contribution < 1.29 is 4.79 Å². The molecule has 0 aromatic carbocycles. The number of carbonyl (C=O) groups is 1. The van der Waals surface area contributed by atoms with E-state index in [9.17, 15) is 4.79 Å². The molecule has 2 aromatic heterocycles. The van der Waals surface area contributed by atoms with Crippen molar-refractivity contribution in [2.75, 3.05) is 7.05 Å². The lowest BCUT2D eigenvalue weighted by atomic mass is 10.2. The van der Waals surface area contributed by atoms with Crippen LogP contribution in [0.3, 0.4) is 0 Å². The number of hydrogen-bond acceptors (Lipinski definition) is 5. The van der Waals surface area contributed by atoms with E-state index in [1.807, 2.05) is 18.4 Å². The molecular formula is C11H13N3OS2. The normalized spacial score (nSPS) is 10.5. The lowest BCUT2D eigenvalue weighted by molar-refractivity contribution is 0.0789. The summed E-state index contributed by atoms with van der Waals surface area (Å²) >= 11 is 2.81. The van der Waals surface area contributed by atoms with E-state index in [1.54, 1.807) is 23.3 Å². The first-order valence-electron chi connectivity index (χ1n) is 5.30. The third-order valence-electron chi connectivity index (χ3n) is 2.43. The van der Waals surface area contributed by atoms with E-state index in [1.165, 1.54) is 11.5 Å². The van der Waals surface area contributed by atoms with Gasteiger partial charge in [-0.25, -0.2) is 0 Å². The number of aryl methyl sites for hydroxylation is 1. The summed E-state index contributed by atoms with van der Waals surface area (Å²) in [4.78, 5) is 14.5. The second kappa shape index (κ2) is 5.37. The van der Waals surface area contributed by atoms with Crippen LogP contribution in [0.25, 0.3) is 0 Å². The summed E-state index contributed by atoms with van der Waals surface area (Å²) in [5, 5.41) is 8.02. The van der Waals surface area contributed by atoms with Gasteiger partial charge in [0.05, 0.1) is 5.69 Å². The number of rotatable bonds is 4. The van der Waals surface area contributed by atoms with Crippen molar-refractivity contribution >= 4 is 28.8 Å². The zero-order valence-corrected chi connectivity index (χ0v) is 11.3. The highest BCUT2D eigenvalue weighted by Gasteiger charge is 2.18. The van der Waals surface area contributed by atoms with Gasteiger partial charge in [-0.15, -0.1) is 5.10 Å². The van der Waals surface area contributed by atoms with Gasteiger partial charge < -0.3 is 4.90 Å². The van der Waals surface area contributed by atoms with Crippen LogP contribution in [0, 0.1) is 0 Å². The zero-order valence-electron chi connectivity index (χ0n) is 9.71. The SMILES string of the molecule is CCc1nnsc1C(=O)N(C)Cc1ccsc1. The predicted octanol–water partition coefficient (Wildman–Crippen LogP) is 2.43. The molecule has 17 heavy (non-hydrogen) atoms. The van der Waals surface area contributed by atoms with Crippen LogP contribution < -0.4 is 0 Å². The second-order valence-corrected chi connectivity index (χ2v) is 5.23. The molecule has 4 nitrogen and oxygen atoms in total. The lowest BCUT2D eigenvalue weighted by Crippen LogP contribution is -2.26. The summed E-state index contributed by atoms with van der Waals surface area (Å²) in [5.74, 6) is 0.00282. The molecular weight excluding hydrogens is 254 g/mol. The van der Waals surface area contributed by atoms with Crippen LogP contribution in [0.2, 0.25) is 0 Å². The maximum absolute atomic E-state index is 12.2. The van der Waals surface area contributed by atoms with E-state index in [2.05, 4.69) is 15.0 Å². The lowest BCUT2D eigenvalue weighted by Gasteiger charge is -2.15. The molecule has 0 saturated heterocycles. The highest BCUT2D eigenvalue weighted by molar-refractivity contribution is 7.08.